The number of hydrogen-bond acceptors (Lipinski definition) is 4. The average Bonchev–Trinajstić information content (AvgIpc) is 3.31. The monoisotopic (exact) mass is 420 g/mol. The van der Waals surface area contributed by atoms with Gasteiger partial charge < -0.3 is 10.1 Å². The van der Waals surface area contributed by atoms with Crippen LogP contribution in [0.4, 0.5) is 0 Å². The molecule has 1 aromatic carbocycles. The van der Waals surface area contributed by atoms with Crippen LogP contribution < -0.4 is 5.32 Å². The second-order valence-corrected chi connectivity index (χ2v) is 11.1. The Hall–Kier alpha value is -1.44. The smallest absolute Gasteiger partial charge is 0.251 e. The highest BCUT2D eigenvalue weighted by Gasteiger charge is 2.42. The summed E-state index contributed by atoms with van der Waals surface area (Å²) in [5.74, 6) is 1.91. The van der Waals surface area contributed by atoms with Crippen LogP contribution in [0.5, 0.6) is 0 Å². The van der Waals surface area contributed by atoms with Crippen LogP contribution in [0.2, 0.25) is 0 Å². The molecule has 3 fully saturated rings. The summed E-state index contributed by atoms with van der Waals surface area (Å²) in [5.41, 5.74) is 0.399. The Labute approximate surface area is 174 Å². The van der Waals surface area contributed by atoms with Crippen molar-refractivity contribution in [2.45, 2.75) is 69.6 Å². The number of nitrogens with one attached hydrogen (secondary N) is 1. The summed E-state index contributed by atoms with van der Waals surface area (Å²) in [6.07, 6.45) is 4.81. The number of sulfonamides is 1. The minimum Gasteiger partial charge on any atom is -0.373 e. The number of amides is 1. The van der Waals surface area contributed by atoms with Gasteiger partial charge in [0.25, 0.3) is 5.91 Å². The maximum absolute atomic E-state index is 13.1. The molecule has 1 heterocycles. The van der Waals surface area contributed by atoms with E-state index in [0.717, 1.165) is 11.8 Å². The van der Waals surface area contributed by atoms with E-state index < -0.39 is 10.0 Å². The number of carbonyl (C=O) groups is 1. The molecule has 1 amide bonds. The molecule has 1 N–H and O–H groups in total. The van der Waals surface area contributed by atoms with Crippen molar-refractivity contribution in [3.05, 3.63) is 29.8 Å². The van der Waals surface area contributed by atoms with Crippen molar-refractivity contribution >= 4 is 15.9 Å². The van der Waals surface area contributed by atoms with Crippen LogP contribution in [0.25, 0.3) is 0 Å². The Balaban J connectivity index is 1.47. The van der Waals surface area contributed by atoms with Gasteiger partial charge in [0.2, 0.25) is 10.0 Å². The first-order valence-corrected chi connectivity index (χ1v) is 12.2. The van der Waals surface area contributed by atoms with Gasteiger partial charge in [0.1, 0.15) is 0 Å². The molecular weight excluding hydrogens is 388 g/mol. The third kappa shape index (κ3) is 4.23. The normalized spacial score (nSPS) is 33.6. The third-order valence-electron chi connectivity index (χ3n) is 6.91. The standard InChI is InChI=1S/C22H32N2O4S/c1-14-12-24(13-15(2)28-14)29(26,27)20-6-4-5-19(11-20)22(25)23-16(3)21-10-17-7-8-18(21)9-17/h4-6,11,14-18,21H,7-10,12-13H2,1-3H3,(H,23,25). The summed E-state index contributed by atoms with van der Waals surface area (Å²) in [7, 11) is -3.66. The van der Waals surface area contributed by atoms with E-state index in [4.69, 9.17) is 4.74 Å². The molecule has 6 nitrogen and oxygen atoms in total. The lowest BCUT2D eigenvalue weighted by Gasteiger charge is -2.34. The lowest BCUT2D eigenvalue weighted by molar-refractivity contribution is -0.0440. The van der Waals surface area contributed by atoms with E-state index in [2.05, 4.69) is 12.2 Å². The van der Waals surface area contributed by atoms with Crippen LogP contribution in [0.15, 0.2) is 29.2 Å². The highest BCUT2D eigenvalue weighted by atomic mass is 32.2. The van der Waals surface area contributed by atoms with Crippen molar-refractivity contribution in [1.82, 2.24) is 9.62 Å². The van der Waals surface area contributed by atoms with Gasteiger partial charge in [0.15, 0.2) is 0 Å². The van der Waals surface area contributed by atoms with Gasteiger partial charge in [-0.3, -0.25) is 4.79 Å². The van der Waals surface area contributed by atoms with Gasteiger partial charge in [-0.2, -0.15) is 4.31 Å². The Morgan fingerprint density at radius 1 is 1.17 bits per heavy atom. The summed E-state index contributed by atoms with van der Waals surface area (Å²) in [6, 6.07) is 6.52. The first kappa shape index (κ1) is 20.8. The number of morpholine rings is 1. The molecule has 29 heavy (non-hydrogen) atoms. The van der Waals surface area contributed by atoms with Gasteiger partial charge in [0, 0.05) is 24.7 Å². The molecule has 7 heteroatoms. The Morgan fingerprint density at radius 2 is 1.90 bits per heavy atom. The van der Waals surface area contributed by atoms with Crippen LogP contribution in [-0.2, 0) is 14.8 Å². The highest BCUT2D eigenvalue weighted by molar-refractivity contribution is 7.89. The molecule has 6 atom stereocenters. The van der Waals surface area contributed by atoms with E-state index in [1.165, 1.54) is 36.1 Å². The fraction of sp³-hybridized carbons (Fsp3) is 0.682. The molecule has 4 rings (SSSR count). The molecule has 160 valence electrons. The second-order valence-electron chi connectivity index (χ2n) is 9.21. The minimum absolute atomic E-state index is 0.110. The number of nitrogens with zero attached hydrogens (tertiary/aromatic N) is 1. The number of rotatable bonds is 5. The summed E-state index contributed by atoms with van der Waals surface area (Å²) < 4.78 is 33.3. The number of fused-ring (bicyclic) bond motifs is 2. The molecule has 2 saturated carbocycles. The molecule has 1 aliphatic heterocycles. The summed E-state index contributed by atoms with van der Waals surface area (Å²) >= 11 is 0. The predicted octanol–water partition coefficient (Wildman–Crippen LogP) is 3.04. The van der Waals surface area contributed by atoms with E-state index in [-0.39, 0.29) is 29.1 Å². The molecular formula is C22H32N2O4S. The number of hydrogen-bond donors (Lipinski definition) is 1. The molecule has 3 aliphatic rings. The molecule has 0 spiro atoms. The summed E-state index contributed by atoms with van der Waals surface area (Å²) in [6.45, 7) is 6.48. The van der Waals surface area contributed by atoms with Crippen LogP contribution in [0.3, 0.4) is 0 Å². The maximum atomic E-state index is 13.1. The van der Waals surface area contributed by atoms with E-state index in [9.17, 15) is 13.2 Å². The summed E-state index contributed by atoms with van der Waals surface area (Å²) in [5, 5.41) is 3.13. The molecule has 0 radical (unpaired) electrons. The van der Waals surface area contributed by atoms with Crippen molar-refractivity contribution in [2.75, 3.05) is 13.1 Å². The van der Waals surface area contributed by atoms with Crippen molar-refractivity contribution in [3.8, 4) is 0 Å². The van der Waals surface area contributed by atoms with Crippen LogP contribution in [-0.4, -0.2) is 50.0 Å². The topological polar surface area (TPSA) is 75.7 Å². The van der Waals surface area contributed by atoms with Gasteiger partial charge in [-0.25, -0.2) is 8.42 Å². The molecule has 0 aromatic heterocycles. The number of carbonyl (C=O) groups excluding carboxylic acids is 1. The van der Waals surface area contributed by atoms with Crippen LogP contribution in [0, 0.1) is 17.8 Å². The van der Waals surface area contributed by atoms with Gasteiger partial charge in [-0.05, 0) is 76.0 Å². The lowest BCUT2D eigenvalue weighted by Crippen LogP contribution is -2.48. The maximum Gasteiger partial charge on any atom is 0.251 e. The fourth-order valence-corrected chi connectivity index (χ4v) is 7.21. The lowest BCUT2D eigenvalue weighted by atomic mass is 9.84. The van der Waals surface area contributed by atoms with Gasteiger partial charge in [-0.15, -0.1) is 0 Å². The van der Waals surface area contributed by atoms with Crippen molar-refractivity contribution in [2.24, 2.45) is 17.8 Å². The van der Waals surface area contributed by atoms with Crippen LogP contribution >= 0.6 is 0 Å². The first-order chi connectivity index (χ1) is 13.7. The largest absolute Gasteiger partial charge is 0.373 e. The predicted molar refractivity (Wildman–Crippen MR) is 111 cm³/mol. The van der Waals surface area contributed by atoms with Gasteiger partial charge >= 0.3 is 0 Å². The molecule has 2 bridgehead atoms. The fourth-order valence-electron chi connectivity index (χ4n) is 5.58. The van der Waals surface area contributed by atoms with Crippen molar-refractivity contribution in [3.63, 3.8) is 0 Å². The van der Waals surface area contributed by atoms with Gasteiger partial charge in [0.05, 0.1) is 17.1 Å². The van der Waals surface area contributed by atoms with Crippen LogP contribution in [0.1, 0.15) is 56.8 Å². The third-order valence-corrected chi connectivity index (χ3v) is 8.74. The van der Waals surface area contributed by atoms with E-state index in [1.807, 2.05) is 13.8 Å². The van der Waals surface area contributed by atoms with Gasteiger partial charge in [-0.1, -0.05) is 12.5 Å². The zero-order valence-corrected chi connectivity index (χ0v) is 18.3. The zero-order valence-electron chi connectivity index (χ0n) is 17.5. The quantitative estimate of drug-likeness (QED) is 0.794. The molecule has 2 aliphatic carbocycles. The summed E-state index contributed by atoms with van der Waals surface area (Å²) in [4.78, 5) is 13.0. The first-order valence-electron chi connectivity index (χ1n) is 10.8. The SMILES string of the molecule is CC1CN(S(=O)(=O)c2cccc(C(=O)NC(C)C3CC4CCC3C4)c2)CC(C)O1. The van der Waals surface area contributed by atoms with Crippen molar-refractivity contribution in [1.29, 1.82) is 0 Å². The zero-order chi connectivity index (χ0) is 20.8. The molecule has 6 unspecified atom stereocenters. The Bertz CT molecular complexity index is 861. The average molecular weight is 421 g/mol. The van der Waals surface area contributed by atoms with Crippen molar-refractivity contribution < 1.29 is 17.9 Å². The Morgan fingerprint density at radius 3 is 2.52 bits per heavy atom. The number of benzene rings is 1. The van der Waals surface area contributed by atoms with E-state index in [1.54, 1.807) is 18.2 Å². The van der Waals surface area contributed by atoms with E-state index in [0.29, 0.717) is 24.6 Å². The van der Waals surface area contributed by atoms with E-state index >= 15 is 0 Å². The molecule has 1 saturated heterocycles. The highest BCUT2D eigenvalue weighted by Crippen LogP contribution is 2.49. The number of ether oxygens (including phenoxy) is 1. The second kappa shape index (κ2) is 8.00. The molecule has 1 aromatic rings. The minimum atomic E-state index is -3.66. The Kier molecular flexibility index (Phi) is 5.75.